The molecule has 0 radical (unpaired) electrons. The summed E-state index contributed by atoms with van der Waals surface area (Å²) in [5.41, 5.74) is 2.73. The number of hydrogen-bond donors (Lipinski definition) is 0. The Morgan fingerprint density at radius 3 is 2.34 bits per heavy atom. The molecular formula is C22H20ClN3O2S. The molecule has 1 fully saturated rings. The molecule has 148 valence electrons. The molecule has 0 spiro atoms. The lowest BCUT2D eigenvalue weighted by Crippen LogP contribution is -2.44. The van der Waals surface area contributed by atoms with E-state index < -0.39 is 5.54 Å². The fraction of sp³-hybridized carbons (Fsp3) is 0.273. The molecule has 2 aromatic rings. The zero-order chi connectivity index (χ0) is 21.3. The molecule has 0 bridgehead atoms. The van der Waals surface area contributed by atoms with E-state index in [4.69, 9.17) is 30.4 Å². The Bertz CT molecular complexity index is 1040. The minimum Gasteiger partial charge on any atom is -0.304 e. The van der Waals surface area contributed by atoms with Crippen LogP contribution >= 0.6 is 23.8 Å². The van der Waals surface area contributed by atoms with Gasteiger partial charge < -0.3 is 4.90 Å². The molecule has 0 unspecified atom stereocenters. The maximum absolute atomic E-state index is 13.2. The maximum atomic E-state index is 13.2. The summed E-state index contributed by atoms with van der Waals surface area (Å²) >= 11 is 11.3. The van der Waals surface area contributed by atoms with Gasteiger partial charge in [-0.3, -0.25) is 14.5 Å². The summed E-state index contributed by atoms with van der Waals surface area (Å²) in [4.78, 5) is 31.6. The third-order valence-corrected chi connectivity index (χ3v) is 5.64. The van der Waals surface area contributed by atoms with Crippen molar-refractivity contribution >= 4 is 57.7 Å². The maximum Gasteiger partial charge on any atom is 0.259 e. The van der Waals surface area contributed by atoms with Crippen molar-refractivity contribution in [3.63, 3.8) is 0 Å². The normalized spacial score (nSPS) is 15.6. The van der Waals surface area contributed by atoms with Crippen LogP contribution in [0.3, 0.4) is 0 Å². The highest BCUT2D eigenvalue weighted by Crippen LogP contribution is 2.37. The van der Waals surface area contributed by atoms with Crippen LogP contribution in [-0.2, 0) is 16.0 Å². The van der Waals surface area contributed by atoms with Crippen LogP contribution < -0.4 is 9.80 Å². The summed E-state index contributed by atoms with van der Waals surface area (Å²) in [5.74, 6) is -0.199. The Morgan fingerprint density at radius 2 is 1.79 bits per heavy atom. The Morgan fingerprint density at radius 1 is 1.17 bits per heavy atom. The molecule has 7 heteroatoms. The highest BCUT2D eigenvalue weighted by atomic mass is 35.5. The number of aryl methyl sites for hydroxylation is 1. The predicted octanol–water partition coefficient (Wildman–Crippen LogP) is 4.81. The quantitative estimate of drug-likeness (QED) is 0.391. The molecule has 0 N–H and O–H groups in total. The van der Waals surface area contributed by atoms with Crippen molar-refractivity contribution < 1.29 is 9.59 Å². The molecule has 1 aliphatic heterocycles. The lowest BCUT2D eigenvalue weighted by atomic mass is 10.0. The Balaban J connectivity index is 1.96. The van der Waals surface area contributed by atoms with Crippen molar-refractivity contribution in [3.8, 4) is 0 Å². The zero-order valence-electron chi connectivity index (χ0n) is 16.4. The van der Waals surface area contributed by atoms with Crippen molar-refractivity contribution in [1.29, 1.82) is 0 Å². The van der Waals surface area contributed by atoms with Crippen molar-refractivity contribution in [2.75, 3.05) is 15.7 Å². The van der Waals surface area contributed by atoms with E-state index in [-0.39, 0.29) is 24.0 Å². The number of anilines is 2. The Hall–Kier alpha value is -2.75. The molecule has 0 atom stereocenters. The molecule has 3 rings (SSSR count). The first-order chi connectivity index (χ1) is 13.7. The lowest BCUT2D eigenvalue weighted by Gasteiger charge is -2.29. The lowest BCUT2D eigenvalue weighted by molar-refractivity contribution is -0.120. The van der Waals surface area contributed by atoms with E-state index in [0.29, 0.717) is 16.5 Å². The van der Waals surface area contributed by atoms with Gasteiger partial charge in [0.15, 0.2) is 16.6 Å². The number of hydrogen-bond acceptors (Lipinski definition) is 3. The molecular weight excluding hydrogens is 406 g/mol. The summed E-state index contributed by atoms with van der Waals surface area (Å²) < 4.78 is 0. The van der Waals surface area contributed by atoms with E-state index >= 15 is 0 Å². The van der Waals surface area contributed by atoms with Crippen molar-refractivity contribution in [2.24, 2.45) is 0 Å². The summed E-state index contributed by atoms with van der Waals surface area (Å²) in [6, 6.07) is 12.7. The highest BCUT2D eigenvalue weighted by molar-refractivity contribution is 7.81. The van der Waals surface area contributed by atoms with E-state index in [2.05, 4.69) is 4.85 Å². The second kappa shape index (κ2) is 7.94. The van der Waals surface area contributed by atoms with Crippen LogP contribution in [0.1, 0.15) is 25.0 Å². The number of rotatable bonds is 5. The number of benzene rings is 2. The highest BCUT2D eigenvalue weighted by Gasteiger charge is 2.50. The number of thiocarbonyl (C=S) groups is 1. The topological polar surface area (TPSA) is 45.0 Å². The minimum absolute atomic E-state index is 0.0137. The van der Waals surface area contributed by atoms with Gasteiger partial charge in [-0.15, -0.1) is 11.6 Å². The van der Waals surface area contributed by atoms with Gasteiger partial charge in [0, 0.05) is 17.8 Å². The third-order valence-electron chi connectivity index (χ3n) is 4.97. The van der Waals surface area contributed by atoms with Crippen LogP contribution in [0.15, 0.2) is 42.5 Å². The van der Waals surface area contributed by atoms with E-state index in [9.17, 15) is 9.59 Å². The van der Waals surface area contributed by atoms with Crippen LogP contribution in [0.2, 0.25) is 0 Å². The van der Waals surface area contributed by atoms with Crippen molar-refractivity contribution in [2.45, 2.75) is 32.7 Å². The largest absolute Gasteiger partial charge is 0.304 e. The van der Waals surface area contributed by atoms with Crippen LogP contribution in [0.25, 0.3) is 4.85 Å². The van der Waals surface area contributed by atoms with Gasteiger partial charge in [-0.25, -0.2) is 4.85 Å². The number of ketones is 1. The van der Waals surface area contributed by atoms with Crippen LogP contribution in [-0.4, -0.2) is 28.2 Å². The van der Waals surface area contributed by atoms with Crippen LogP contribution in [0.5, 0.6) is 0 Å². The first-order valence-electron chi connectivity index (χ1n) is 9.04. The van der Waals surface area contributed by atoms with Gasteiger partial charge in [-0.1, -0.05) is 18.2 Å². The van der Waals surface area contributed by atoms with E-state index in [1.54, 1.807) is 18.2 Å². The molecule has 5 nitrogen and oxygen atoms in total. The average Bonchev–Trinajstić information content (AvgIpc) is 2.86. The molecule has 1 amide bonds. The second-order valence-corrected chi connectivity index (χ2v) is 8.05. The summed E-state index contributed by atoms with van der Waals surface area (Å²) in [6.45, 7) is 12.7. The number of Topliss-reactive ketones (excluding diaryl/α,β-unsaturated/α-hetero) is 1. The fourth-order valence-corrected chi connectivity index (χ4v) is 4.01. The number of carbonyl (C=O) groups is 2. The monoisotopic (exact) mass is 425 g/mol. The summed E-state index contributed by atoms with van der Waals surface area (Å²) in [6.07, 6.45) is 0.273. The average molecular weight is 426 g/mol. The van der Waals surface area contributed by atoms with Crippen molar-refractivity contribution in [3.05, 3.63) is 65.0 Å². The molecule has 1 aliphatic rings. The Labute approximate surface area is 180 Å². The summed E-state index contributed by atoms with van der Waals surface area (Å²) in [7, 11) is 0. The van der Waals surface area contributed by atoms with E-state index in [0.717, 1.165) is 16.8 Å². The van der Waals surface area contributed by atoms with Gasteiger partial charge in [-0.2, -0.15) is 0 Å². The molecule has 29 heavy (non-hydrogen) atoms. The zero-order valence-corrected chi connectivity index (χ0v) is 18.0. The van der Waals surface area contributed by atoms with Crippen LogP contribution in [0.4, 0.5) is 17.1 Å². The van der Waals surface area contributed by atoms with E-state index in [1.807, 2.05) is 49.9 Å². The van der Waals surface area contributed by atoms with Gasteiger partial charge in [0.05, 0.1) is 12.5 Å². The van der Waals surface area contributed by atoms with Gasteiger partial charge >= 0.3 is 0 Å². The molecule has 2 aromatic carbocycles. The van der Waals surface area contributed by atoms with Crippen molar-refractivity contribution in [1.82, 2.24) is 0 Å². The number of alkyl halides is 1. The Kier molecular flexibility index (Phi) is 5.74. The predicted molar refractivity (Wildman–Crippen MR) is 120 cm³/mol. The number of carbonyl (C=O) groups excluding carboxylic acids is 2. The van der Waals surface area contributed by atoms with Gasteiger partial charge in [0.2, 0.25) is 0 Å². The number of halogens is 1. The first-order valence-corrected chi connectivity index (χ1v) is 9.98. The van der Waals surface area contributed by atoms with E-state index in [1.165, 1.54) is 4.90 Å². The standard InChI is InChI=1S/C22H20ClN3O2S/c1-14-11-17(9-10-19(14)24-4)25-20(28)22(2,3)26(21(25)29)16-7-5-15(6-8-16)12-18(27)13-23/h5-11H,12-13H2,1-3H3. The molecule has 0 aromatic heterocycles. The van der Waals surface area contributed by atoms with Gasteiger partial charge in [0.1, 0.15) is 5.54 Å². The van der Waals surface area contributed by atoms with Gasteiger partial charge in [0.25, 0.3) is 5.91 Å². The molecule has 0 saturated carbocycles. The molecule has 0 aliphatic carbocycles. The van der Waals surface area contributed by atoms with Crippen LogP contribution in [0, 0.1) is 13.5 Å². The first kappa shape index (κ1) is 21.0. The summed E-state index contributed by atoms with van der Waals surface area (Å²) in [5, 5.41) is 0.375. The third kappa shape index (κ3) is 3.76. The molecule has 1 saturated heterocycles. The SMILES string of the molecule is [C-]#[N+]c1ccc(N2C(=O)C(C)(C)N(c3ccc(CC(=O)CCl)cc3)C2=S)cc1C. The smallest absolute Gasteiger partial charge is 0.259 e. The second-order valence-electron chi connectivity index (χ2n) is 7.42. The molecule has 1 heterocycles. The fourth-order valence-electron chi connectivity index (χ4n) is 3.40. The number of nitrogens with zero attached hydrogens (tertiary/aromatic N) is 3. The number of amides is 1. The minimum atomic E-state index is -0.878. The van der Waals surface area contributed by atoms with Gasteiger partial charge in [-0.05, 0) is 68.4 Å².